The summed E-state index contributed by atoms with van der Waals surface area (Å²) in [6, 6.07) is 0. The minimum atomic E-state index is -1.24. The van der Waals surface area contributed by atoms with E-state index in [-0.39, 0.29) is 24.2 Å². The summed E-state index contributed by atoms with van der Waals surface area (Å²) in [7, 11) is 0. The van der Waals surface area contributed by atoms with Crippen molar-refractivity contribution in [3.05, 3.63) is 33.3 Å². The third kappa shape index (κ3) is 7.82. The van der Waals surface area contributed by atoms with E-state index >= 15 is 0 Å². The first-order valence-electron chi connectivity index (χ1n) is 12.3. The number of aliphatic hydroxyl groups is 3. The molecule has 0 radical (unpaired) electrons. The van der Waals surface area contributed by atoms with Gasteiger partial charge in [0.2, 0.25) is 0 Å². The zero-order valence-electron chi connectivity index (χ0n) is 21.7. The molecule has 0 saturated heterocycles. The largest absolute Gasteiger partial charge is 0.392 e. The molecule has 3 N–H and O–H groups in total. The fourth-order valence-corrected chi connectivity index (χ4v) is 5.11. The van der Waals surface area contributed by atoms with Gasteiger partial charge < -0.3 is 20.1 Å². The first-order chi connectivity index (χ1) is 15.8. The van der Waals surface area contributed by atoms with Crippen LogP contribution in [0.4, 0.5) is 0 Å². The third-order valence-electron chi connectivity index (χ3n) is 7.15. The van der Waals surface area contributed by atoms with Crippen LogP contribution in [0.15, 0.2) is 22.6 Å². The van der Waals surface area contributed by atoms with Crippen LogP contribution in [0.1, 0.15) is 84.3 Å². The lowest BCUT2D eigenvalue weighted by Gasteiger charge is -2.35. The van der Waals surface area contributed by atoms with E-state index in [0.717, 1.165) is 35.5 Å². The number of thiazole rings is 1. The number of nitrogens with zero attached hydrogens (tertiary/aromatic N) is 1. The Morgan fingerprint density at radius 1 is 1.24 bits per heavy atom. The van der Waals surface area contributed by atoms with Gasteiger partial charge in [-0.1, -0.05) is 39.3 Å². The lowest BCUT2D eigenvalue weighted by atomic mass is 9.73. The number of aryl methyl sites for hydroxylation is 1. The Hall–Kier alpha value is -1.38. The molecule has 1 aromatic rings. The number of Topliss-reactive ketones (excluding diaryl/α,β-unsaturated/α-hetero) is 1. The van der Waals surface area contributed by atoms with Gasteiger partial charge in [0.05, 0.1) is 29.0 Å². The smallest absolute Gasteiger partial charge is 0.157 e. The Balaban J connectivity index is 2.32. The van der Waals surface area contributed by atoms with Gasteiger partial charge in [0, 0.05) is 23.1 Å². The number of carbonyl (C=O) groups excluding carboxylic acids is 1. The van der Waals surface area contributed by atoms with Crippen LogP contribution in [0, 0.1) is 24.2 Å². The van der Waals surface area contributed by atoms with E-state index in [4.69, 9.17) is 4.74 Å². The molecule has 1 aromatic heterocycles. The lowest BCUT2D eigenvalue weighted by molar-refractivity contribution is -0.161. The summed E-state index contributed by atoms with van der Waals surface area (Å²) in [6.45, 7) is 13.0. The number of carbonyl (C=O) groups is 1. The van der Waals surface area contributed by atoms with Gasteiger partial charge in [-0.3, -0.25) is 4.79 Å². The van der Waals surface area contributed by atoms with Crippen molar-refractivity contribution in [3.8, 4) is 0 Å². The molecule has 0 saturated carbocycles. The second-order valence-electron chi connectivity index (χ2n) is 10.5. The van der Waals surface area contributed by atoms with Crippen LogP contribution in [0.25, 0.3) is 6.08 Å². The van der Waals surface area contributed by atoms with E-state index in [1.54, 1.807) is 32.1 Å². The van der Waals surface area contributed by atoms with Crippen LogP contribution in [0.5, 0.6) is 0 Å². The average Bonchev–Trinajstić information content (AvgIpc) is 3.18. The van der Waals surface area contributed by atoms with Gasteiger partial charge in [-0.2, -0.15) is 0 Å². The second kappa shape index (κ2) is 12.5. The fourth-order valence-electron chi connectivity index (χ4n) is 4.54. The maximum absolute atomic E-state index is 13.2. The van der Waals surface area contributed by atoms with Gasteiger partial charge in [0.1, 0.15) is 5.78 Å². The minimum Gasteiger partial charge on any atom is -0.392 e. The molecule has 192 valence electrons. The van der Waals surface area contributed by atoms with Gasteiger partial charge >= 0.3 is 0 Å². The Morgan fingerprint density at radius 3 is 2.53 bits per heavy atom. The summed E-state index contributed by atoms with van der Waals surface area (Å²) in [5.41, 5.74) is 1.89. The van der Waals surface area contributed by atoms with E-state index in [1.807, 2.05) is 32.2 Å². The number of ether oxygens (including phenoxy) is 1. The predicted octanol–water partition coefficient (Wildman–Crippen LogP) is 5.06. The number of allylic oxidation sites excluding steroid dienone is 1. The molecule has 7 heteroatoms. The average molecular weight is 494 g/mol. The molecule has 0 unspecified atom stereocenters. The molecule has 0 amide bonds. The number of hydrogen-bond donors (Lipinski definition) is 3. The Bertz CT molecular complexity index is 874. The zero-order chi connectivity index (χ0) is 25.6. The van der Waals surface area contributed by atoms with Crippen molar-refractivity contribution in [1.29, 1.82) is 0 Å². The summed E-state index contributed by atoms with van der Waals surface area (Å²) in [4.78, 5) is 17.7. The first-order valence-corrected chi connectivity index (χ1v) is 13.2. The van der Waals surface area contributed by atoms with Crippen molar-refractivity contribution in [2.45, 2.75) is 105 Å². The van der Waals surface area contributed by atoms with Gasteiger partial charge in [0.25, 0.3) is 0 Å². The molecule has 0 fully saturated rings. The quantitative estimate of drug-likeness (QED) is 0.498. The van der Waals surface area contributed by atoms with Gasteiger partial charge in [-0.15, -0.1) is 11.3 Å². The van der Waals surface area contributed by atoms with Crippen molar-refractivity contribution in [1.82, 2.24) is 4.98 Å². The number of rotatable bonds is 2. The van der Waals surface area contributed by atoms with E-state index < -0.39 is 29.8 Å². The molecule has 6 nitrogen and oxygen atoms in total. The molecule has 0 aromatic carbocycles. The molecule has 6 atom stereocenters. The van der Waals surface area contributed by atoms with Crippen LogP contribution >= 0.6 is 11.3 Å². The van der Waals surface area contributed by atoms with Gasteiger partial charge in [0.15, 0.2) is 6.29 Å². The van der Waals surface area contributed by atoms with E-state index in [2.05, 4.69) is 18.0 Å². The summed E-state index contributed by atoms with van der Waals surface area (Å²) >= 11 is 1.58. The third-order valence-corrected chi connectivity index (χ3v) is 7.95. The first kappa shape index (κ1) is 28.9. The van der Waals surface area contributed by atoms with Crippen molar-refractivity contribution < 1.29 is 24.9 Å². The highest BCUT2D eigenvalue weighted by molar-refractivity contribution is 7.09. The standard InChI is InChI=1S/C27H43NO5S/c1-16-9-8-10-17(2)25(31)19(4)26(32)27(6,7)23(29)14-24(30)33-22(12-11-16)18(3)13-21-15-34-20(5)28-21/h11,13,15,17,19,22-25,29-31H,8-10,12,14H2,1-7H3/t17-,19+,22-,23-,24-,25-/m0/s1. The van der Waals surface area contributed by atoms with Crippen LogP contribution in [0.3, 0.4) is 0 Å². The number of aliphatic hydroxyl groups excluding tert-OH is 3. The lowest BCUT2D eigenvalue weighted by Crippen LogP contribution is -2.46. The van der Waals surface area contributed by atoms with Crippen molar-refractivity contribution in [2.24, 2.45) is 17.3 Å². The van der Waals surface area contributed by atoms with Crippen molar-refractivity contribution in [3.63, 3.8) is 0 Å². The zero-order valence-corrected chi connectivity index (χ0v) is 22.6. The van der Waals surface area contributed by atoms with Gasteiger partial charge in [-0.25, -0.2) is 4.98 Å². The summed E-state index contributed by atoms with van der Waals surface area (Å²) in [5, 5.41) is 35.4. The maximum atomic E-state index is 13.2. The topological polar surface area (TPSA) is 99.9 Å². The van der Waals surface area contributed by atoms with Crippen LogP contribution in [0.2, 0.25) is 0 Å². The van der Waals surface area contributed by atoms with E-state index in [1.165, 1.54) is 5.57 Å². The normalized spacial score (nSPS) is 32.9. The highest BCUT2D eigenvalue weighted by Gasteiger charge is 2.42. The maximum Gasteiger partial charge on any atom is 0.157 e. The molecule has 1 aliphatic heterocycles. The summed E-state index contributed by atoms with van der Waals surface area (Å²) in [6.07, 6.45) is 3.70. The highest BCUT2D eigenvalue weighted by atomic mass is 32.1. The van der Waals surface area contributed by atoms with E-state index in [0.29, 0.717) is 6.42 Å². The molecule has 0 spiro atoms. The van der Waals surface area contributed by atoms with Crippen molar-refractivity contribution >= 4 is 23.2 Å². The number of aromatic nitrogens is 1. The number of hydrogen-bond acceptors (Lipinski definition) is 7. The fraction of sp³-hybridized carbons (Fsp3) is 0.704. The van der Waals surface area contributed by atoms with Crippen LogP contribution in [-0.2, 0) is 9.53 Å². The monoisotopic (exact) mass is 493 g/mol. The molecular formula is C27H43NO5S. The van der Waals surface area contributed by atoms with Gasteiger partial charge in [-0.05, 0) is 64.0 Å². The van der Waals surface area contributed by atoms with Crippen LogP contribution in [-0.4, -0.2) is 50.7 Å². The molecular weight excluding hydrogens is 450 g/mol. The van der Waals surface area contributed by atoms with E-state index in [9.17, 15) is 20.1 Å². The summed E-state index contributed by atoms with van der Waals surface area (Å²) < 4.78 is 6.00. The van der Waals surface area contributed by atoms with Crippen LogP contribution < -0.4 is 0 Å². The molecule has 1 aliphatic rings. The van der Waals surface area contributed by atoms with Crippen molar-refractivity contribution in [2.75, 3.05) is 0 Å². The number of ketones is 1. The highest BCUT2D eigenvalue weighted by Crippen LogP contribution is 2.33. The minimum absolute atomic E-state index is 0.0268. The molecule has 0 bridgehead atoms. The molecule has 2 heterocycles. The Labute approximate surface area is 208 Å². The molecule has 2 rings (SSSR count). The Kier molecular flexibility index (Phi) is 10.6. The molecule has 0 aliphatic carbocycles. The Morgan fingerprint density at radius 2 is 1.91 bits per heavy atom. The molecule has 34 heavy (non-hydrogen) atoms. The second-order valence-corrected chi connectivity index (χ2v) is 11.6. The SMILES string of the molecule is CC1=CC[C@@H](C(C)=Cc2csc(C)n2)O[C@H](O)C[C@H](O)C(C)(C)C(=O)[C@H](C)[C@@H](O)[C@@H](C)CCC1. The predicted molar refractivity (Wildman–Crippen MR) is 137 cm³/mol. The summed E-state index contributed by atoms with van der Waals surface area (Å²) in [5.74, 6) is -0.844.